The summed E-state index contributed by atoms with van der Waals surface area (Å²) in [6.45, 7) is 15.2. The number of nitrogens with zero attached hydrogens (tertiary/aromatic N) is 6. The molecule has 24 heavy (non-hydrogen) atoms. The molecule has 0 unspecified atom stereocenters. The molecule has 7 fully saturated rings. The average Bonchev–Trinajstić information content (AvgIpc) is 3.37. The van der Waals surface area contributed by atoms with E-state index < -0.39 is 23.6 Å². The molecule has 0 saturated carbocycles. The summed E-state index contributed by atoms with van der Waals surface area (Å²) in [4.78, 5) is 13.0. The Hall–Kier alpha value is 0.930. The second-order valence-corrected chi connectivity index (χ2v) is 17.2. The second kappa shape index (κ2) is 4.67. The normalized spacial score (nSPS) is 40.5. The number of hydrogen-bond donors (Lipinski definition) is 3. The molecule has 7 rings (SSSR count). The maximum absolute atomic E-state index is 4.33. The van der Waals surface area contributed by atoms with Gasteiger partial charge in [0.1, 0.15) is 0 Å². The van der Waals surface area contributed by atoms with E-state index in [1.165, 1.54) is 78.5 Å². The van der Waals surface area contributed by atoms with Crippen molar-refractivity contribution in [1.29, 1.82) is 0 Å². The van der Waals surface area contributed by atoms with Crippen molar-refractivity contribution in [1.82, 2.24) is 42.6 Å². The van der Waals surface area contributed by atoms with E-state index in [4.69, 9.17) is 0 Å². The summed E-state index contributed by atoms with van der Waals surface area (Å²) in [6.07, 6.45) is 0. The number of nitrogens with one attached hydrogen (secondary N) is 3. The van der Waals surface area contributed by atoms with Crippen LogP contribution in [-0.4, -0.2) is 107 Å². The van der Waals surface area contributed by atoms with Crippen LogP contribution in [0.3, 0.4) is 0 Å². The highest BCUT2D eigenvalue weighted by molar-refractivity contribution is 7.97. The predicted octanol–water partition coefficient (Wildman–Crippen LogP) is -0.305. The summed E-state index contributed by atoms with van der Waals surface area (Å²) >= 11 is 0. The van der Waals surface area contributed by atoms with Crippen molar-refractivity contribution >= 4 is 23.6 Å². The molecule has 7 saturated heterocycles. The Balaban J connectivity index is 1.37. The van der Waals surface area contributed by atoms with Crippen molar-refractivity contribution in [3.8, 4) is 0 Å². The van der Waals surface area contributed by atoms with E-state index in [1.807, 2.05) is 0 Å². The molecule has 0 bridgehead atoms. The molecule has 0 spiro atoms. The Morgan fingerprint density at radius 3 is 0.625 bits per heavy atom. The quantitative estimate of drug-likeness (QED) is 0.419. The zero-order valence-electron chi connectivity index (χ0n) is 14.0. The van der Waals surface area contributed by atoms with Gasteiger partial charge in [-0.15, -0.1) is 28.0 Å². The van der Waals surface area contributed by atoms with Gasteiger partial charge in [0, 0.05) is 14.6 Å². The summed E-state index contributed by atoms with van der Waals surface area (Å²) in [5, 5.41) is 0. The van der Waals surface area contributed by atoms with Gasteiger partial charge in [0.05, 0.1) is 78.5 Å². The van der Waals surface area contributed by atoms with E-state index in [0.29, 0.717) is 0 Å². The van der Waals surface area contributed by atoms with Gasteiger partial charge in [-0.05, 0) is 0 Å². The summed E-state index contributed by atoms with van der Waals surface area (Å²) in [7, 11) is -4.72. The second-order valence-electron chi connectivity index (χ2n) is 7.83. The van der Waals surface area contributed by atoms with E-state index in [2.05, 4.69) is 42.6 Å². The molecule has 0 aliphatic carbocycles. The van der Waals surface area contributed by atoms with E-state index >= 15 is 0 Å². The van der Waals surface area contributed by atoms with Crippen LogP contribution >= 0.6 is 23.6 Å². The highest BCUT2D eigenvalue weighted by atomic mass is 31.3. The van der Waals surface area contributed by atoms with Crippen molar-refractivity contribution in [3.05, 3.63) is 0 Å². The fourth-order valence-corrected chi connectivity index (χ4v) is 21.5. The Bertz CT molecular complexity index is 453. The summed E-state index contributed by atoms with van der Waals surface area (Å²) in [6, 6.07) is 0. The molecule has 132 valence electrons. The summed E-state index contributed by atoms with van der Waals surface area (Å²) in [5.74, 6) is 0. The van der Waals surface area contributed by atoms with Crippen molar-refractivity contribution in [2.24, 2.45) is 0 Å². The SMILES string of the molecule is C1CN1[P+]1(N2CC2)N[P+](N2CC2)(N2CC2)N[P+](N2CC2)(N2CC2)N1. The van der Waals surface area contributed by atoms with Crippen LogP contribution in [0.25, 0.3) is 0 Å². The topological polar surface area (TPSA) is 54.1 Å². The van der Waals surface area contributed by atoms with E-state index in [0.717, 1.165) is 0 Å². The molecule has 7 aliphatic heterocycles. The molecule has 0 aromatic heterocycles. The number of hydrogen-bond acceptors (Lipinski definition) is 9. The van der Waals surface area contributed by atoms with Gasteiger partial charge in [0.25, 0.3) is 0 Å². The van der Waals surface area contributed by atoms with Gasteiger partial charge in [0.15, 0.2) is 0 Å². The lowest BCUT2D eigenvalue weighted by molar-refractivity contribution is 0.649. The van der Waals surface area contributed by atoms with Crippen molar-refractivity contribution in [2.75, 3.05) is 78.5 Å². The highest BCUT2D eigenvalue weighted by Crippen LogP contribution is 2.89. The predicted molar refractivity (Wildman–Crippen MR) is 99.6 cm³/mol. The Morgan fingerprint density at radius 1 is 0.333 bits per heavy atom. The molecule has 12 heteroatoms. The Labute approximate surface area is 145 Å². The molecule has 0 amide bonds. The van der Waals surface area contributed by atoms with Gasteiger partial charge < -0.3 is 0 Å². The van der Waals surface area contributed by atoms with Crippen LogP contribution in [0.5, 0.6) is 0 Å². The molecule has 7 heterocycles. The zero-order valence-corrected chi connectivity index (χ0v) is 16.7. The summed E-state index contributed by atoms with van der Waals surface area (Å²) in [5.41, 5.74) is 0. The molecule has 9 nitrogen and oxygen atoms in total. The first-order valence-corrected chi connectivity index (χ1v) is 14.4. The van der Waals surface area contributed by atoms with Crippen LogP contribution in [0.4, 0.5) is 0 Å². The third-order valence-electron chi connectivity index (χ3n) is 5.83. The molecule has 0 aromatic carbocycles. The Kier molecular flexibility index (Phi) is 2.90. The minimum absolute atomic E-state index is 1.27. The first kappa shape index (κ1) is 14.9. The zero-order chi connectivity index (χ0) is 15.6. The molecular formula is C12H27N9P3+3. The van der Waals surface area contributed by atoms with Crippen molar-refractivity contribution in [2.45, 2.75) is 0 Å². The maximum Gasteiger partial charge on any atom is 0.380 e. The minimum Gasteiger partial charge on any atom is -0.125 e. The van der Waals surface area contributed by atoms with Gasteiger partial charge in [-0.3, -0.25) is 0 Å². The van der Waals surface area contributed by atoms with Gasteiger partial charge >= 0.3 is 23.6 Å². The van der Waals surface area contributed by atoms with E-state index in [9.17, 15) is 0 Å². The van der Waals surface area contributed by atoms with Gasteiger partial charge in [-0.25, -0.2) is 0 Å². The minimum atomic E-state index is -1.57. The standard InChI is InChI=1S/C12H27N9P3/c1-2-16(1)22(17-3-4-17)13-23(18-5-6-18,19-7-8-19)15-24(14-22,20-9-10-20)21-11-12-21/h13-15H,1-12H2/q+3. The average molecular weight is 390 g/mol. The Morgan fingerprint density at radius 2 is 0.500 bits per heavy atom. The van der Waals surface area contributed by atoms with E-state index in [-0.39, 0.29) is 0 Å². The third-order valence-corrected chi connectivity index (χ3v) is 19.8. The van der Waals surface area contributed by atoms with E-state index in [1.54, 1.807) is 0 Å². The van der Waals surface area contributed by atoms with Gasteiger partial charge in [-0.1, -0.05) is 0 Å². The molecule has 0 aromatic rings. The molecule has 7 aliphatic rings. The first-order valence-electron chi connectivity index (χ1n) is 9.34. The molecule has 0 radical (unpaired) electrons. The van der Waals surface area contributed by atoms with Crippen LogP contribution in [0, 0.1) is 0 Å². The fourth-order valence-electron chi connectivity index (χ4n) is 3.95. The summed E-state index contributed by atoms with van der Waals surface area (Å²) < 4.78 is 16.4. The van der Waals surface area contributed by atoms with Crippen LogP contribution in [-0.2, 0) is 0 Å². The van der Waals surface area contributed by atoms with Crippen LogP contribution in [0.2, 0.25) is 0 Å². The molecule has 0 atom stereocenters. The van der Waals surface area contributed by atoms with Gasteiger partial charge in [0.2, 0.25) is 0 Å². The lowest BCUT2D eigenvalue weighted by atomic mass is 11.0. The lowest BCUT2D eigenvalue weighted by Crippen LogP contribution is -2.54. The van der Waals surface area contributed by atoms with Crippen molar-refractivity contribution < 1.29 is 0 Å². The molecular weight excluding hydrogens is 363 g/mol. The van der Waals surface area contributed by atoms with Crippen molar-refractivity contribution in [3.63, 3.8) is 0 Å². The largest absolute Gasteiger partial charge is 0.380 e. The fraction of sp³-hybridized carbons (Fsp3) is 1.00. The first-order chi connectivity index (χ1) is 11.8. The highest BCUT2D eigenvalue weighted by Gasteiger charge is 2.88. The maximum atomic E-state index is 4.33. The smallest absolute Gasteiger partial charge is 0.125 e. The number of rotatable bonds is 6. The lowest BCUT2D eigenvalue weighted by Gasteiger charge is -2.42. The van der Waals surface area contributed by atoms with Crippen LogP contribution in [0.15, 0.2) is 0 Å². The van der Waals surface area contributed by atoms with Crippen LogP contribution in [0.1, 0.15) is 0 Å². The van der Waals surface area contributed by atoms with Crippen LogP contribution < -0.4 is 14.6 Å². The van der Waals surface area contributed by atoms with Gasteiger partial charge in [-0.2, -0.15) is 0 Å². The third kappa shape index (κ3) is 2.07. The molecule has 3 N–H and O–H groups in total. The monoisotopic (exact) mass is 390 g/mol.